The molecular weight excluding hydrogens is 448 g/mol. The monoisotopic (exact) mass is 468 g/mol. The second-order valence-electron chi connectivity index (χ2n) is 6.77. The summed E-state index contributed by atoms with van der Waals surface area (Å²) < 4.78 is 31.9. The molecule has 10 nitrogen and oxygen atoms in total. The Labute approximate surface area is 184 Å². The predicted molar refractivity (Wildman–Crippen MR) is 114 cm³/mol. The number of carbonyl (C=O) groups is 1. The zero-order valence-electron chi connectivity index (χ0n) is 16.7. The number of piperazine rings is 1. The first-order chi connectivity index (χ1) is 14.7. The minimum Gasteiger partial charge on any atom is -0.490 e. The molecule has 0 spiro atoms. The molecule has 1 N–H and O–H groups in total. The Morgan fingerprint density at radius 2 is 1.90 bits per heavy atom. The van der Waals surface area contributed by atoms with Gasteiger partial charge in [0.25, 0.3) is 0 Å². The summed E-state index contributed by atoms with van der Waals surface area (Å²) in [5.74, 6) is -0.0230. The Morgan fingerprint density at radius 1 is 1.19 bits per heavy atom. The van der Waals surface area contributed by atoms with Crippen molar-refractivity contribution in [1.82, 2.24) is 14.5 Å². The Hall–Kier alpha value is -2.89. The maximum atomic E-state index is 12.9. The van der Waals surface area contributed by atoms with E-state index in [-0.39, 0.29) is 42.9 Å². The van der Waals surface area contributed by atoms with Gasteiger partial charge in [0.1, 0.15) is 0 Å². The van der Waals surface area contributed by atoms with E-state index in [9.17, 15) is 23.3 Å². The number of amides is 2. The maximum Gasteiger partial charge on any atom is 0.317 e. The molecule has 0 radical (unpaired) electrons. The van der Waals surface area contributed by atoms with Gasteiger partial charge in [-0.3, -0.25) is 10.1 Å². The summed E-state index contributed by atoms with van der Waals surface area (Å²) in [6, 6.07) is 10.3. The van der Waals surface area contributed by atoms with E-state index in [4.69, 9.17) is 16.3 Å². The Morgan fingerprint density at radius 3 is 2.52 bits per heavy atom. The first-order valence-corrected chi connectivity index (χ1v) is 11.1. The third-order valence-electron chi connectivity index (χ3n) is 4.84. The number of hydrogen-bond donors (Lipinski definition) is 1. The van der Waals surface area contributed by atoms with Gasteiger partial charge < -0.3 is 15.0 Å². The molecule has 2 aromatic carbocycles. The maximum absolute atomic E-state index is 12.9. The topological polar surface area (TPSA) is 122 Å². The van der Waals surface area contributed by atoms with Crippen LogP contribution in [0.15, 0.2) is 47.4 Å². The number of methoxy groups -OCH3 is 1. The van der Waals surface area contributed by atoms with Crippen LogP contribution in [0.3, 0.4) is 0 Å². The molecule has 0 atom stereocenters. The number of hydrogen-bond acceptors (Lipinski definition) is 6. The summed E-state index contributed by atoms with van der Waals surface area (Å²) >= 11 is 5.93. The van der Waals surface area contributed by atoms with Gasteiger partial charge in [0.05, 0.1) is 16.9 Å². The van der Waals surface area contributed by atoms with Gasteiger partial charge in [-0.25, -0.2) is 13.2 Å². The van der Waals surface area contributed by atoms with E-state index >= 15 is 0 Å². The minimum absolute atomic E-state index is 0.0230. The van der Waals surface area contributed by atoms with Crippen LogP contribution in [0.25, 0.3) is 0 Å². The van der Waals surface area contributed by atoms with Crippen LogP contribution in [-0.2, 0) is 16.6 Å². The molecule has 0 aliphatic carbocycles. The molecule has 166 valence electrons. The molecule has 0 bridgehead atoms. The van der Waals surface area contributed by atoms with E-state index in [0.29, 0.717) is 11.6 Å². The van der Waals surface area contributed by atoms with Gasteiger partial charge >= 0.3 is 11.7 Å². The molecule has 1 aliphatic heterocycles. The summed E-state index contributed by atoms with van der Waals surface area (Å²) in [7, 11) is -2.68. The van der Waals surface area contributed by atoms with Crippen LogP contribution in [0.4, 0.5) is 10.5 Å². The van der Waals surface area contributed by atoms with Crippen LogP contribution in [0.2, 0.25) is 5.02 Å². The molecule has 1 fully saturated rings. The highest BCUT2D eigenvalue weighted by Gasteiger charge is 2.31. The molecule has 12 heteroatoms. The zero-order valence-corrected chi connectivity index (χ0v) is 18.2. The summed E-state index contributed by atoms with van der Waals surface area (Å²) in [5, 5.41) is 14.6. The number of urea groups is 1. The molecule has 1 heterocycles. The molecule has 0 unspecified atom stereocenters. The fraction of sp³-hybridized carbons (Fsp3) is 0.316. The SMILES string of the molecule is COc1ccc(S(=O)(=O)N2CCN(C(=O)NCc3cccc(Cl)c3)CC2)cc1[N+](=O)[O-]. The lowest BCUT2D eigenvalue weighted by Gasteiger charge is -2.34. The molecule has 31 heavy (non-hydrogen) atoms. The number of sulfonamides is 1. The van der Waals surface area contributed by atoms with Crippen molar-refractivity contribution in [1.29, 1.82) is 0 Å². The number of ether oxygens (including phenoxy) is 1. The summed E-state index contributed by atoms with van der Waals surface area (Å²) in [5.41, 5.74) is 0.422. The summed E-state index contributed by atoms with van der Waals surface area (Å²) in [4.78, 5) is 24.2. The third kappa shape index (κ3) is 5.24. The standard InChI is InChI=1S/C19H21ClN4O6S/c1-30-18-6-5-16(12-17(18)24(26)27)31(28,29)23-9-7-22(8-10-23)19(25)21-13-14-3-2-4-15(20)11-14/h2-6,11-12H,7-10,13H2,1H3,(H,21,25). The molecular formula is C19H21ClN4O6S. The lowest BCUT2D eigenvalue weighted by atomic mass is 10.2. The Balaban J connectivity index is 1.62. The second kappa shape index (κ2) is 9.50. The number of halogens is 1. The Kier molecular flexibility index (Phi) is 6.98. The lowest BCUT2D eigenvalue weighted by Crippen LogP contribution is -2.52. The largest absolute Gasteiger partial charge is 0.490 e. The minimum atomic E-state index is -3.95. The highest BCUT2D eigenvalue weighted by molar-refractivity contribution is 7.89. The second-order valence-corrected chi connectivity index (χ2v) is 9.14. The van der Waals surface area contributed by atoms with E-state index in [0.717, 1.165) is 11.6 Å². The van der Waals surface area contributed by atoms with Gasteiger partial charge in [0, 0.05) is 43.8 Å². The van der Waals surface area contributed by atoms with Crippen molar-refractivity contribution >= 4 is 33.3 Å². The van der Waals surface area contributed by atoms with Crippen LogP contribution in [-0.4, -0.2) is 61.9 Å². The first-order valence-electron chi connectivity index (χ1n) is 9.32. The van der Waals surface area contributed by atoms with Crippen molar-refractivity contribution in [2.45, 2.75) is 11.4 Å². The fourth-order valence-corrected chi connectivity index (χ4v) is 4.85. The average Bonchev–Trinajstić information content (AvgIpc) is 2.77. The van der Waals surface area contributed by atoms with E-state index < -0.39 is 20.6 Å². The average molecular weight is 469 g/mol. The quantitative estimate of drug-likeness (QED) is 0.513. The fourth-order valence-electron chi connectivity index (χ4n) is 3.19. The predicted octanol–water partition coefficient (Wildman–Crippen LogP) is 2.47. The van der Waals surface area contributed by atoms with E-state index in [2.05, 4.69) is 5.32 Å². The van der Waals surface area contributed by atoms with E-state index in [1.807, 2.05) is 6.07 Å². The molecule has 0 saturated carbocycles. The van der Waals surface area contributed by atoms with Gasteiger partial charge in [-0.05, 0) is 29.8 Å². The number of nitrogens with zero attached hydrogens (tertiary/aromatic N) is 3. The van der Waals surface area contributed by atoms with Crippen molar-refractivity contribution in [3.63, 3.8) is 0 Å². The van der Waals surface area contributed by atoms with Crippen molar-refractivity contribution in [3.05, 3.63) is 63.2 Å². The van der Waals surface area contributed by atoms with Gasteiger partial charge in [0.15, 0.2) is 5.75 Å². The molecule has 1 aliphatic rings. The van der Waals surface area contributed by atoms with E-state index in [1.54, 1.807) is 18.2 Å². The Bertz CT molecular complexity index is 1090. The van der Waals surface area contributed by atoms with Gasteiger partial charge in [-0.1, -0.05) is 23.7 Å². The number of carbonyl (C=O) groups excluding carboxylic acids is 1. The van der Waals surface area contributed by atoms with Crippen LogP contribution in [0.5, 0.6) is 5.75 Å². The van der Waals surface area contributed by atoms with Crippen molar-refractivity contribution in [2.24, 2.45) is 0 Å². The smallest absolute Gasteiger partial charge is 0.317 e. The molecule has 2 amide bonds. The van der Waals surface area contributed by atoms with Crippen LogP contribution < -0.4 is 10.1 Å². The highest BCUT2D eigenvalue weighted by Crippen LogP contribution is 2.30. The van der Waals surface area contributed by atoms with Gasteiger partial charge in [-0.15, -0.1) is 0 Å². The highest BCUT2D eigenvalue weighted by atomic mass is 35.5. The van der Waals surface area contributed by atoms with Crippen molar-refractivity contribution in [3.8, 4) is 5.75 Å². The third-order valence-corrected chi connectivity index (χ3v) is 6.97. The number of benzene rings is 2. The van der Waals surface area contributed by atoms with Gasteiger partial charge in [-0.2, -0.15) is 4.31 Å². The summed E-state index contributed by atoms with van der Waals surface area (Å²) in [6.07, 6.45) is 0. The molecule has 2 aromatic rings. The van der Waals surface area contributed by atoms with Gasteiger partial charge in [0.2, 0.25) is 10.0 Å². The van der Waals surface area contributed by atoms with Crippen LogP contribution in [0, 0.1) is 10.1 Å². The van der Waals surface area contributed by atoms with Crippen LogP contribution in [0.1, 0.15) is 5.56 Å². The summed E-state index contributed by atoms with van der Waals surface area (Å²) in [6.45, 7) is 0.838. The van der Waals surface area contributed by atoms with Crippen molar-refractivity contribution in [2.75, 3.05) is 33.3 Å². The number of rotatable bonds is 6. The molecule has 1 saturated heterocycles. The normalized spacial score (nSPS) is 14.8. The molecule has 3 rings (SSSR count). The zero-order chi connectivity index (χ0) is 22.6. The van der Waals surface area contributed by atoms with Crippen molar-refractivity contribution < 1.29 is 22.9 Å². The lowest BCUT2D eigenvalue weighted by molar-refractivity contribution is -0.386. The first kappa shape index (κ1) is 22.8. The van der Waals surface area contributed by atoms with E-state index in [1.165, 1.54) is 28.4 Å². The number of nitrogens with one attached hydrogen (secondary N) is 1. The van der Waals surface area contributed by atoms with Crippen LogP contribution >= 0.6 is 11.6 Å². The number of nitro groups is 1. The molecule has 0 aromatic heterocycles. The number of nitro benzene ring substituents is 1.